The first-order valence-corrected chi connectivity index (χ1v) is 14.8. The van der Waals surface area contributed by atoms with Crippen molar-refractivity contribution in [1.29, 1.82) is 0 Å². The molecule has 8 nitrogen and oxygen atoms in total. The molecule has 1 aromatic carbocycles. The van der Waals surface area contributed by atoms with Crippen LogP contribution >= 0.6 is 11.6 Å². The topological polar surface area (TPSA) is 96.4 Å². The van der Waals surface area contributed by atoms with E-state index in [-0.39, 0.29) is 38.1 Å². The van der Waals surface area contributed by atoms with Crippen molar-refractivity contribution in [3.05, 3.63) is 54.6 Å². The fourth-order valence-electron chi connectivity index (χ4n) is 6.90. The molecule has 5 atom stereocenters. The lowest BCUT2D eigenvalue weighted by atomic mass is 9.65. The maximum absolute atomic E-state index is 14.5. The normalized spacial score (nSPS) is 28.4. The molecule has 3 aliphatic rings. The number of halogens is 1. The summed E-state index contributed by atoms with van der Waals surface area (Å²) in [6.45, 7) is 10.2. The second-order valence-electron chi connectivity index (χ2n) is 10.9. The Hall–Kier alpha value is -2.68. The Bertz CT molecular complexity index is 1130. The van der Waals surface area contributed by atoms with Crippen LogP contribution in [0.4, 0.5) is 5.69 Å². The molecule has 1 N–H and O–H groups in total. The van der Waals surface area contributed by atoms with Crippen LogP contribution in [0.25, 0.3) is 0 Å². The number of ether oxygens (including phenoxy) is 2. The number of aliphatic hydroxyl groups is 1. The molecule has 0 saturated carbocycles. The van der Waals surface area contributed by atoms with Gasteiger partial charge in [-0.1, -0.05) is 42.8 Å². The number of carbonyl (C=O) groups excluding carboxylic acids is 3. The number of para-hydroxylation sites is 1. The summed E-state index contributed by atoms with van der Waals surface area (Å²) in [5, 5.41) is 9.81. The molecule has 4 rings (SSSR count). The first-order chi connectivity index (χ1) is 19.3. The summed E-state index contributed by atoms with van der Waals surface area (Å²) in [6.07, 6.45) is 8.43. The van der Waals surface area contributed by atoms with E-state index in [1.54, 1.807) is 40.1 Å². The van der Waals surface area contributed by atoms with Crippen LogP contribution in [-0.2, 0) is 23.9 Å². The molecule has 40 heavy (non-hydrogen) atoms. The minimum absolute atomic E-state index is 0.0202. The molecular weight excluding hydrogens is 532 g/mol. The van der Waals surface area contributed by atoms with Gasteiger partial charge in [0, 0.05) is 19.7 Å². The summed E-state index contributed by atoms with van der Waals surface area (Å²) in [6, 6.07) is 6.12. The number of hydrogen-bond acceptors (Lipinski definition) is 6. The van der Waals surface area contributed by atoms with Gasteiger partial charge in [0.2, 0.25) is 5.91 Å². The molecule has 1 aromatic rings. The molecule has 0 aromatic heterocycles. The third kappa shape index (κ3) is 5.21. The van der Waals surface area contributed by atoms with Gasteiger partial charge in [0.25, 0.3) is 5.91 Å². The first kappa shape index (κ1) is 30.3. The Morgan fingerprint density at radius 3 is 2.65 bits per heavy atom. The van der Waals surface area contributed by atoms with Crippen LogP contribution in [-0.4, -0.2) is 71.3 Å². The molecule has 2 unspecified atom stereocenters. The number of carbonyl (C=O) groups is 3. The van der Waals surface area contributed by atoms with Gasteiger partial charge in [-0.2, -0.15) is 0 Å². The van der Waals surface area contributed by atoms with Crippen molar-refractivity contribution < 1.29 is 29.0 Å². The van der Waals surface area contributed by atoms with E-state index in [9.17, 15) is 19.5 Å². The van der Waals surface area contributed by atoms with E-state index in [0.29, 0.717) is 49.2 Å². The molecule has 3 saturated heterocycles. The van der Waals surface area contributed by atoms with E-state index in [0.717, 1.165) is 12.8 Å². The van der Waals surface area contributed by atoms with Crippen molar-refractivity contribution in [2.24, 2.45) is 11.8 Å². The number of esters is 1. The zero-order valence-corrected chi connectivity index (χ0v) is 24.1. The fourth-order valence-corrected chi connectivity index (χ4v) is 7.14. The van der Waals surface area contributed by atoms with Crippen molar-refractivity contribution >= 4 is 35.1 Å². The Morgan fingerprint density at radius 2 is 1.98 bits per heavy atom. The molecule has 0 radical (unpaired) electrons. The summed E-state index contributed by atoms with van der Waals surface area (Å²) < 4.78 is 12.5. The van der Waals surface area contributed by atoms with Gasteiger partial charge in [0.05, 0.1) is 28.8 Å². The number of amides is 2. The number of benzene rings is 1. The summed E-state index contributed by atoms with van der Waals surface area (Å²) in [5.41, 5.74) is -1.50. The quantitative estimate of drug-likeness (QED) is 0.186. The van der Waals surface area contributed by atoms with Crippen molar-refractivity contribution in [3.63, 3.8) is 0 Å². The number of anilines is 1. The van der Waals surface area contributed by atoms with Gasteiger partial charge in [-0.05, 0) is 63.5 Å². The highest BCUT2D eigenvalue weighted by Gasteiger charge is 2.79. The van der Waals surface area contributed by atoms with E-state index < -0.39 is 35.0 Å². The third-order valence-electron chi connectivity index (χ3n) is 8.74. The highest BCUT2D eigenvalue weighted by Crippen LogP contribution is 2.64. The summed E-state index contributed by atoms with van der Waals surface area (Å²) in [5.74, 6) is -2.63. The summed E-state index contributed by atoms with van der Waals surface area (Å²) >= 11 is 6.52. The predicted octanol–water partition coefficient (Wildman–Crippen LogP) is 4.69. The molecule has 2 amide bonds. The Morgan fingerprint density at radius 1 is 1.20 bits per heavy atom. The van der Waals surface area contributed by atoms with Crippen molar-refractivity contribution in [2.45, 2.75) is 75.5 Å². The van der Waals surface area contributed by atoms with Crippen LogP contribution in [0.3, 0.4) is 0 Å². The van der Waals surface area contributed by atoms with E-state index in [4.69, 9.17) is 21.1 Å². The lowest BCUT2D eigenvalue weighted by Gasteiger charge is -2.37. The average molecular weight is 573 g/mol. The van der Waals surface area contributed by atoms with Gasteiger partial charge in [-0.15, -0.1) is 13.2 Å². The van der Waals surface area contributed by atoms with E-state index in [2.05, 4.69) is 13.2 Å². The summed E-state index contributed by atoms with van der Waals surface area (Å²) in [4.78, 5) is 45.4. The van der Waals surface area contributed by atoms with E-state index >= 15 is 0 Å². The van der Waals surface area contributed by atoms with Crippen LogP contribution in [0.1, 0.15) is 58.3 Å². The minimum atomic E-state index is -1.16. The highest BCUT2D eigenvalue weighted by molar-refractivity contribution is 6.34. The maximum atomic E-state index is 14.5. The smallest absolute Gasteiger partial charge is 0.312 e. The fraction of sp³-hybridized carbons (Fsp3) is 0.581. The van der Waals surface area contributed by atoms with Gasteiger partial charge in [0.15, 0.2) is 0 Å². The highest BCUT2D eigenvalue weighted by atomic mass is 35.5. The maximum Gasteiger partial charge on any atom is 0.312 e. The third-order valence-corrected chi connectivity index (χ3v) is 9.06. The molecule has 3 fully saturated rings. The largest absolute Gasteiger partial charge is 0.465 e. The van der Waals surface area contributed by atoms with Crippen molar-refractivity contribution in [3.8, 4) is 0 Å². The van der Waals surface area contributed by atoms with Gasteiger partial charge < -0.3 is 24.4 Å². The molecule has 0 aliphatic carbocycles. The molecular formula is C31H41ClN2O6. The van der Waals surface area contributed by atoms with Gasteiger partial charge in [0.1, 0.15) is 17.6 Å². The number of aliphatic hydroxyl groups excluding tert-OH is 1. The molecule has 3 aliphatic heterocycles. The average Bonchev–Trinajstić information content (AvgIpc) is 3.55. The van der Waals surface area contributed by atoms with Gasteiger partial charge in [-0.25, -0.2) is 0 Å². The van der Waals surface area contributed by atoms with Crippen molar-refractivity contribution in [2.75, 3.05) is 31.2 Å². The molecule has 9 heteroatoms. The minimum Gasteiger partial charge on any atom is -0.465 e. The molecule has 218 valence electrons. The number of likely N-dealkylation sites (tertiary alicyclic amines) is 1. The van der Waals surface area contributed by atoms with Crippen LogP contribution < -0.4 is 4.90 Å². The SMILES string of the molecule is C=CCCCCOC(=O)[C@H]1[C@H]2C(=O)N(CCCCO)C(C(=O)N(CC=C)c3ccccc3Cl)C23CC[C@]1(CC)O3. The number of nitrogens with zero attached hydrogens (tertiary/aromatic N) is 2. The Balaban J connectivity index is 1.72. The van der Waals surface area contributed by atoms with Crippen LogP contribution in [0, 0.1) is 11.8 Å². The molecule has 3 heterocycles. The lowest BCUT2D eigenvalue weighted by Crippen LogP contribution is -2.56. The second-order valence-corrected chi connectivity index (χ2v) is 11.3. The monoisotopic (exact) mass is 572 g/mol. The van der Waals surface area contributed by atoms with Crippen LogP contribution in [0.5, 0.6) is 0 Å². The van der Waals surface area contributed by atoms with E-state index in [1.165, 1.54) is 0 Å². The Kier molecular flexibility index (Phi) is 9.75. The number of hydrogen-bond donors (Lipinski definition) is 1. The first-order valence-electron chi connectivity index (χ1n) is 14.4. The van der Waals surface area contributed by atoms with Crippen LogP contribution in [0.2, 0.25) is 5.02 Å². The second kappa shape index (κ2) is 12.9. The number of unbranched alkanes of at least 4 members (excludes halogenated alkanes) is 3. The number of allylic oxidation sites excluding steroid dienone is 1. The summed E-state index contributed by atoms with van der Waals surface area (Å²) in [7, 11) is 0. The number of fused-ring (bicyclic) bond motifs is 1. The molecule has 2 bridgehead atoms. The zero-order valence-electron chi connectivity index (χ0n) is 23.4. The standard InChI is InChI=1S/C31H41ClN2O6/c1-4-7-8-13-21-39-29(38)25-24-27(36)34(19-11-12-20-35)26(31(24)17-16-30(25,6-3)40-31)28(37)33(18-5-2)23-15-10-9-14-22(23)32/h4-5,9-10,14-15,24-26,35H,1-2,6-8,11-13,16-21H2,3H3/t24-,25+,26?,30-,31?/m0/s1. The van der Waals surface area contributed by atoms with E-state index in [1.807, 2.05) is 13.0 Å². The molecule has 1 spiro atoms. The zero-order chi connectivity index (χ0) is 28.9. The van der Waals surface area contributed by atoms with Gasteiger partial charge >= 0.3 is 5.97 Å². The number of rotatable bonds is 15. The Labute approximate surface area is 241 Å². The predicted molar refractivity (Wildman–Crippen MR) is 154 cm³/mol. The van der Waals surface area contributed by atoms with Gasteiger partial charge in [-0.3, -0.25) is 14.4 Å². The van der Waals surface area contributed by atoms with Crippen molar-refractivity contribution in [1.82, 2.24) is 4.90 Å². The lowest BCUT2D eigenvalue weighted by molar-refractivity contribution is -0.161. The van der Waals surface area contributed by atoms with Crippen LogP contribution in [0.15, 0.2) is 49.6 Å².